The molecular weight excluding hydrogens is 232 g/mol. The molecule has 1 aromatic rings. The van der Waals surface area contributed by atoms with E-state index in [4.69, 9.17) is 14.2 Å². The summed E-state index contributed by atoms with van der Waals surface area (Å²) in [5.41, 5.74) is 0.352. The molecule has 0 radical (unpaired) electrons. The number of benzene rings is 1. The molecule has 0 heterocycles. The zero-order valence-electron chi connectivity index (χ0n) is 10.9. The number of ether oxygens (including phenoxy) is 3. The van der Waals surface area contributed by atoms with Crippen LogP contribution in [0.1, 0.15) is 24.2 Å². The van der Waals surface area contributed by atoms with Gasteiger partial charge in [0.15, 0.2) is 11.5 Å². The number of esters is 1. The summed E-state index contributed by atoms with van der Waals surface area (Å²) >= 11 is 0. The third kappa shape index (κ3) is 3.52. The van der Waals surface area contributed by atoms with Crippen LogP contribution in [0.3, 0.4) is 0 Å². The number of rotatable bonds is 6. The van der Waals surface area contributed by atoms with Crippen molar-refractivity contribution in [3.8, 4) is 11.5 Å². The highest BCUT2D eigenvalue weighted by Gasteiger charge is 2.18. The zero-order valence-corrected chi connectivity index (χ0v) is 10.9. The Labute approximate surface area is 107 Å². The van der Waals surface area contributed by atoms with Crippen molar-refractivity contribution < 1.29 is 19.0 Å². The molecule has 0 fully saturated rings. The number of hydrogen-bond acceptors (Lipinski definition) is 4. The lowest BCUT2D eigenvalue weighted by atomic mass is 10.2. The maximum Gasteiger partial charge on any atom is 0.342 e. The molecule has 0 spiro atoms. The molecule has 0 bridgehead atoms. The minimum Gasteiger partial charge on any atom is -0.493 e. The van der Waals surface area contributed by atoms with Crippen molar-refractivity contribution in [2.24, 2.45) is 0 Å². The van der Waals surface area contributed by atoms with E-state index in [9.17, 15) is 4.79 Å². The van der Waals surface area contributed by atoms with Gasteiger partial charge in [-0.25, -0.2) is 4.79 Å². The molecule has 18 heavy (non-hydrogen) atoms. The molecule has 0 aromatic heterocycles. The fourth-order valence-electron chi connectivity index (χ4n) is 1.41. The van der Waals surface area contributed by atoms with Crippen molar-refractivity contribution in [3.63, 3.8) is 0 Å². The molecule has 0 aliphatic heterocycles. The Bertz CT molecular complexity index is 424. The Morgan fingerprint density at radius 1 is 1.44 bits per heavy atom. The molecule has 4 heteroatoms. The van der Waals surface area contributed by atoms with Crippen LogP contribution in [0.15, 0.2) is 30.9 Å². The van der Waals surface area contributed by atoms with E-state index in [1.807, 2.05) is 0 Å². The van der Waals surface area contributed by atoms with Gasteiger partial charge in [0.05, 0.1) is 13.2 Å². The normalized spacial score (nSPS) is 10.0. The van der Waals surface area contributed by atoms with Crippen molar-refractivity contribution >= 4 is 5.97 Å². The SMILES string of the molecule is C=CCOc1c(OC)cccc1C(=O)OC(C)C. The van der Waals surface area contributed by atoms with Crippen LogP contribution in [0, 0.1) is 0 Å². The first-order valence-electron chi connectivity index (χ1n) is 5.71. The Morgan fingerprint density at radius 2 is 2.17 bits per heavy atom. The first kappa shape index (κ1) is 14.1. The highest BCUT2D eigenvalue weighted by molar-refractivity contribution is 5.93. The second-order valence-electron chi connectivity index (χ2n) is 3.89. The number of carbonyl (C=O) groups excluding carboxylic acids is 1. The number of carbonyl (C=O) groups is 1. The van der Waals surface area contributed by atoms with E-state index in [1.54, 1.807) is 38.1 Å². The van der Waals surface area contributed by atoms with Gasteiger partial charge in [-0.1, -0.05) is 18.7 Å². The molecule has 0 aliphatic carbocycles. The van der Waals surface area contributed by atoms with Crippen LogP contribution in [0.5, 0.6) is 11.5 Å². The molecule has 1 aromatic carbocycles. The van der Waals surface area contributed by atoms with Gasteiger partial charge in [0.25, 0.3) is 0 Å². The first-order chi connectivity index (χ1) is 8.60. The van der Waals surface area contributed by atoms with Crippen molar-refractivity contribution in [1.82, 2.24) is 0 Å². The van der Waals surface area contributed by atoms with Crippen LogP contribution in [0.2, 0.25) is 0 Å². The summed E-state index contributed by atoms with van der Waals surface area (Å²) in [5.74, 6) is 0.448. The molecule has 0 aliphatic rings. The zero-order chi connectivity index (χ0) is 13.5. The molecule has 0 N–H and O–H groups in total. The number of para-hydroxylation sites is 1. The standard InChI is InChI=1S/C14H18O4/c1-5-9-17-13-11(14(15)18-10(2)3)7-6-8-12(13)16-4/h5-8,10H,1,9H2,2-4H3. The van der Waals surface area contributed by atoms with E-state index in [-0.39, 0.29) is 6.10 Å². The van der Waals surface area contributed by atoms with Gasteiger partial charge in [-0.2, -0.15) is 0 Å². The van der Waals surface area contributed by atoms with Crippen LogP contribution in [-0.4, -0.2) is 25.8 Å². The molecular formula is C14H18O4. The molecule has 0 amide bonds. The summed E-state index contributed by atoms with van der Waals surface area (Å²) in [6, 6.07) is 5.09. The number of hydrogen-bond donors (Lipinski definition) is 0. The van der Waals surface area contributed by atoms with Gasteiger partial charge in [0.1, 0.15) is 12.2 Å². The van der Waals surface area contributed by atoms with E-state index < -0.39 is 5.97 Å². The molecule has 0 atom stereocenters. The largest absolute Gasteiger partial charge is 0.493 e. The summed E-state index contributed by atoms with van der Waals surface area (Å²) in [4.78, 5) is 11.9. The van der Waals surface area contributed by atoms with Gasteiger partial charge in [0.2, 0.25) is 0 Å². The maximum absolute atomic E-state index is 11.9. The molecule has 0 unspecified atom stereocenters. The topological polar surface area (TPSA) is 44.8 Å². The Balaban J connectivity index is 3.08. The highest BCUT2D eigenvalue weighted by atomic mass is 16.5. The summed E-state index contributed by atoms with van der Waals surface area (Å²) in [6.45, 7) is 7.45. The van der Waals surface area contributed by atoms with E-state index in [1.165, 1.54) is 7.11 Å². The lowest BCUT2D eigenvalue weighted by Crippen LogP contribution is -2.13. The monoisotopic (exact) mass is 250 g/mol. The molecule has 0 saturated heterocycles. The summed E-state index contributed by atoms with van der Waals surface area (Å²) in [6.07, 6.45) is 1.42. The van der Waals surface area contributed by atoms with Gasteiger partial charge in [-0.05, 0) is 26.0 Å². The van der Waals surface area contributed by atoms with Crippen LogP contribution < -0.4 is 9.47 Å². The van der Waals surface area contributed by atoms with Gasteiger partial charge >= 0.3 is 5.97 Å². The molecule has 1 rings (SSSR count). The first-order valence-corrected chi connectivity index (χ1v) is 5.71. The highest BCUT2D eigenvalue weighted by Crippen LogP contribution is 2.31. The lowest BCUT2D eigenvalue weighted by Gasteiger charge is -2.14. The fourth-order valence-corrected chi connectivity index (χ4v) is 1.41. The lowest BCUT2D eigenvalue weighted by molar-refractivity contribution is 0.0373. The van der Waals surface area contributed by atoms with E-state index in [0.29, 0.717) is 23.7 Å². The van der Waals surface area contributed by atoms with E-state index >= 15 is 0 Å². The van der Waals surface area contributed by atoms with Crippen molar-refractivity contribution in [2.45, 2.75) is 20.0 Å². The van der Waals surface area contributed by atoms with Crippen LogP contribution in [0.25, 0.3) is 0 Å². The van der Waals surface area contributed by atoms with E-state index in [2.05, 4.69) is 6.58 Å². The number of methoxy groups -OCH3 is 1. The summed E-state index contributed by atoms with van der Waals surface area (Å²) in [7, 11) is 1.52. The second kappa shape index (κ2) is 6.69. The van der Waals surface area contributed by atoms with Crippen LogP contribution >= 0.6 is 0 Å². The molecule has 4 nitrogen and oxygen atoms in total. The average molecular weight is 250 g/mol. The third-order valence-electron chi connectivity index (χ3n) is 2.11. The van der Waals surface area contributed by atoms with Crippen LogP contribution in [0.4, 0.5) is 0 Å². The molecule has 0 saturated carbocycles. The van der Waals surface area contributed by atoms with Gasteiger partial charge in [-0.3, -0.25) is 0 Å². The average Bonchev–Trinajstić information content (AvgIpc) is 2.34. The quantitative estimate of drug-likeness (QED) is 0.575. The smallest absolute Gasteiger partial charge is 0.342 e. The minimum atomic E-state index is -0.428. The Hall–Kier alpha value is -1.97. The van der Waals surface area contributed by atoms with Gasteiger partial charge in [0, 0.05) is 0 Å². The Morgan fingerprint density at radius 3 is 2.72 bits per heavy atom. The second-order valence-corrected chi connectivity index (χ2v) is 3.89. The van der Waals surface area contributed by atoms with Crippen molar-refractivity contribution in [2.75, 3.05) is 13.7 Å². The van der Waals surface area contributed by atoms with Crippen LogP contribution in [-0.2, 0) is 4.74 Å². The van der Waals surface area contributed by atoms with E-state index in [0.717, 1.165) is 0 Å². The third-order valence-corrected chi connectivity index (χ3v) is 2.11. The van der Waals surface area contributed by atoms with Crippen molar-refractivity contribution in [3.05, 3.63) is 36.4 Å². The predicted molar refractivity (Wildman–Crippen MR) is 69.2 cm³/mol. The maximum atomic E-state index is 11.9. The Kier molecular flexibility index (Phi) is 5.24. The van der Waals surface area contributed by atoms with Crippen molar-refractivity contribution in [1.29, 1.82) is 0 Å². The minimum absolute atomic E-state index is 0.184. The fraction of sp³-hybridized carbons (Fsp3) is 0.357. The summed E-state index contributed by atoms with van der Waals surface area (Å²) in [5, 5.41) is 0. The van der Waals surface area contributed by atoms with Gasteiger partial charge in [-0.15, -0.1) is 0 Å². The molecule has 98 valence electrons. The summed E-state index contributed by atoms with van der Waals surface area (Å²) < 4.78 is 15.8. The predicted octanol–water partition coefficient (Wildman–Crippen LogP) is 2.83. The van der Waals surface area contributed by atoms with Gasteiger partial charge < -0.3 is 14.2 Å².